The Morgan fingerprint density at radius 2 is 2.23 bits per heavy atom. The number of guanidine groups is 1. The Labute approximate surface area is 86.2 Å². The van der Waals surface area contributed by atoms with E-state index < -0.39 is 0 Å². The van der Waals surface area contributed by atoms with Gasteiger partial charge in [0.25, 0.3) is 0 Å². The summed E-state index contributed by atoms with van der Waals surface area (Å²) in [7, 11) is 1.64. The minimum absolute atomic E-state index is 0.409. The number of benzene rings is 1. The minimum atomic E-state index is 0.409. The Hall–Kier alpha value is -1.03. The molecular weight excluding hydrogens is 230 g/mol. The van der Waals surface area contributed by atoms with Gasteiger partial charge in [-0.05, 0) is 34.5 Å². The van der Waals surface area contributed by atoms with E-state index in [1.807, 2.05) is 25.1 Å². The van der Waals surface area contributed by atoms with Gasteiger partial charge in [-0.2, -0.15) is 0 Å². The molecule has 0 saturated heterocycles. The second-order valence-electron chi connectivity index (χ2n) is 2.67. The molecule has 0 aliphatic carbocycles. The highest BCUT2D eigenvalue weighted by molar-refractivity contribution is 9.10. The summed E-state index contributed by atoms with van der Waals surface area (Å²) in [6.07, 6.45) is 0. The van der Waals surface area contributed by atoms with Crippen molar-refractivity contribution in [3.63, 3.8) is 0 Å². The number of nitrogens with zero attached hydrogens (tertiary/aromatic N) is 1. The van der Waals surface area contributed by atoms with Crippen LogP contribution in [0.4, 0.5) is 5.69 Å². The average Bonchev–Trinajstić information content (AvgIpc) is 2.13. The molecule has 0 radical (unpaired) electrons. The molecule has 0 spiro atoms. The van der Waals surface area contributed by atoms with Crippen LogP contribution >= 0.6 is 15.9 Å². The summed E-state index contributed by atoms with van der Waals surface area (Å²) in [4.78, 5) is 3.82. The molecular formula is C9H12BrN3. The van der Waals surface area contributed by atoms with Crippen molar-refractivity contribution in [2.24, 2.45) is 10.7 Å². The first kappa shape index (κ1) is 10.1. The summed E-state index contributed by atoms with van der Waals surface area (Å²) in [5, 5.41) is 2.98. The number of nitrogens with two attached hydrogens (primary N) is 1. The molecule has 0 bridgehead atoms. The number of rotatable bonds is 1. The lowest BCUT2D eigenvalue weighted by molar-refractivity contribution is 1.36. The van der Waals surface area contributed by atoms with Gasteiger partial charge >= 0.3 is 0 Å². The lowest BCUT2D eigenvalue weighted by atomic mass is 10.2. The van der Waals surface area contributed by atoms with E-state index in [9.17, 15) is 0 Å². The third-order valence-electron chi connectivity index (χ3n) is 1.70. The SMILES string of the molecule is CN=C(N)Nc1cccc(C)c1Br. The molecule has 3 nitrogen and oxygen atoms in total. The predicted molar refractivity (Wildman–Crippen MR) is 60.0 cm³/mol. The Kier molecular flexibility index (Phi) is 3.31. The molecule has 70 valence electrons. The van der Waals surface area contributed by atoms with Gasteiger partial charge in [0.2, 0.25) is 0 Å². The molecule has 3 N–H and O–H groups in total. The summed E-state index contributed by atoms with van der Waals surface area (Å²) in [6, 6.07) is 5.93. The topological polar surface area (TPSA) is 50.4 Å². The van der Waals surface area contributed by atoms with Crippen LogP contribution in [-0.4, -0.2) is 13.0 Å². The quantitative estimate of drug-likeness (QED) is 0.585. The van der Waals surface area contributed by atoms with E-state index in [0.29, 0.717) is 5.96 Å². The van der Waals surface area contributed by atoms with E-state index >= 15 is 0 Å². The third-order valence-corrected chi connectivity index (χ3v) is 2.75. The van der Waals surface area contributed by atoms with Crippen molar-refractivity contribution in [1.82, 2.24) is 0 Å². The van der Waals surface area contributed by atoms with E-state index in [2.05, 4.69) is 26.2 Å². The maximum absolute atomic E-state index is 5.54. The van der Waals surface area contributed by atoms with Crippen molar-refractivity contribution in [3.05, 3.63) is 28.2 Å². The smallest absolute Gasteiger partial charge is 0.192 e. The summed E-state index contributed by atoms with van der Waals surface area (Å²) in [6.45, 7) is 2.02. The Balaban J connectivity index is 2.96. The maximum Gasteiger partial charge on any atom is 0.192 e. The number of halogens is 1. The van der Waals surface area contributed by atoms with Crippen molar-refractivity contribution < 1.29 is 0 Å². The normalized spacial score (nSPS) is 11.5. The van der Waals surface area contributed by atoms with Crippen LogP contribution in [0.3, 0.4) is 0 Å². The van der Waals surface area contributed by atoms with Crippen LogP contribution in [0.5, 0.6) is 0 Å². The summed E-state index contributed by atoms with van der Waals surface area (Å²) >= 11 is 3.46. The van der Waals surface area contributed by atoms with Crippen molar-refractivity contribution in [3.8, 4) is 0 Å². The van der Waals surface area contributed by atoms with Crippen molar-refractivity contribution >= 4 is 27.6 Å². The van der Waals surface area contributed by atoms with Crippen molar-refractivity contribution in [1.29, 1.82) is 0 Å². The third kappa shape index (κ3) is 2.45. The fraction of sp³-hybridized carbons (Fsp3) is 0.222. The van der Waals surface area contributed by atoms with Gasteiger partial charge in [-0.25, -0.2) is 0 Å². The lowest BCUT2D eigenvalue weighted by Crippen LogP contribution is -2.22. The van der Waals surface area contributed by atoms with E-state index in [-0.39, 0.29) is 0 Å². The Bertz CT molecular complexity index is 334. The number of aryl methyl sites for hydroxylation is 1. The van der Waals surface area contributed by atoms with Crippen LogP contribution in [0.1, 0.15) is 5.56 Å². The molecule has 13 heavy (non-hydrogen) atoms. The molecule has 0 atom stereocenters. The number of anilines is 1. The maximum atomic E-state index is 5.54. The highest BCUT2D eigenvalue weighted by Crippen LogP contribution is 2.25. The second kappa shape index (κ2) is 4.28. The molecule has 0 unspecified atom stereocenters. The number of hydrogen-bond donors (Lipinski definition) is 2. The zero-order valence-corrected chi connectivity index (χ0v) is 9.22. The number of hydrogen-bond acceptors (Lipinski definition) is 1. The van der Waals surface area contributed by atoms with Crippen LogP contribution in [-0.2, 0) is 0 Å². The Morgan fingerprint density at radius 1 is 1.54 bits per heavy atom. The van der Waals surface area contributed by atoms with Crippen molar-refractivity contribution in [2.45, 2.75) is 6.92 Å². The van der Waals surface area contributed by atoms with Gasteiger partial charge in [0, 0.05) is 11.5 Å². The standard InChI is InChI=1S/C9H12BrN3/c1-6-4-3-5-7(8(6)10)13-9(11)12-2/h3-5H,1-2H3,(H3,11,12,13). The lowest BCUT2D eigenvalue weighted by Gasteiger charge is -2.08. The molecule has 4 heteroatoms. The predicted octanol–water partition coefficient (Wildman–Crippen LogP) is 2.11. The summed E-state index contributed by atoms with van der Waals surface area (Å²) in [5.41, 5.74) is 7.64. The molecule has 0 fully saturated rings. The first-order valence-electron chi connectivity index (χ1n) is 3.89. The van der Waals surface area contributed by atoms with Gasteiger partial charge in [0.05, 0.1) is 5.69 Å². The Morgan fingerprint density at radius 3 is 2.85 bits per heavy atom. The first-order chi connectivity index (χ1) is 6.15. The fourth-order valence-corrected chi connectivity index (χ4v) is 1.30. The van der Waals surface area contributed by atoms with Gasteiger partial charge in [-0.3, -0.25) is 4.99 Å². The molecule has 0 aliphatic rings. The largest absolute Gasteiger partial charge is 0.370 e. The van der Waals surface area contributed by atoms with Gasteiger partial charge in [0.1, 0.15) is 0 Å². The molecule has 0 aliphatic heterocycles. The first-order valence-corrected chi connectivity index (χ1v) is 4.69. The van der Waals surface area contributed by atoms with Crippen LogP contribution in [0.25, 0.3) is 0 Å². The summed E-state index contributed by atoms with van der Waals surface area (Å²) in [5.74, 6) is 0.409. The van der Waals surface area contributed by atoms with E-state index in [0.717, 1.165) is 15.7 Å². The van der Waals surface area contributed by atoms with Crippen molar-refractivity contribution in [2.75, 3.05) is 12.4 Å². The monoisotopic (exact) mass is 241 g/mol. The van der Waals surface area contributed by atoms with Crippen LogP contribution in [0.2, 0.25) is 0 Å². The summed E-state index contributed by atoms with van der Waals surface area (Å²) < 4.78 is 1.02. The van der Waals surface area contributed by atoms with Crippen LogP contribution in [0.15, 0.2) is 27.7 Å². The van der Waals surface area contributed by atoms with Gasteiger partial charge in [0.15, 0.2) is 5.96 Å². The van der Waals surface area contributed by atoms with Crippen LogP contribution < -0.4 is 11.1 Å². The molecule has 1 aromatic carbocycles. The average molecular weight is 242 g/mol. The van der Waals surface area contributed by atoms with E-state index in [1.165, 1.54) is 0 Å². The minimum Gasteiger partial charge on any atom is -0.370 e. The zero-order valence-electron chi connectivity index (χ0n) is 7.63. The molecule has 0 heterocycles. The van der Waals surface area contributed by atoms with Crippen LogP contribution in [0, 0.1) is 6.92 Å². The second-order valence-corrected chi connectivity index (χ2v) is 3.46. The molecule has 0 saturated carbocycles. The van der Waals surface area contributed by atoms with E-state index in [4.69, 9.17) is 5.73 Å². The van der Waals surface area contributed by atoms with Gasteiger partial charge < -0.3 is 11.1 Å². The fourth-order valence-electron chi connectivity index (χ4n) is 0.938. The van der Waals surface area contributed by atoms with E-state index in [1.54, 1.807) is 7.05 Å². The highest BCUT2D eigenvalue weighted by atomic mass is 79.9. The van der Waals surface area contributed by atoms with Gasteiger partial charge in [-0.1, -0.05) is 12.1 Å². The molecule has 0 aromatic heterocycles. The zero-order chi connectivity index (χ0) is 9.84. The molecule has 1 rings (SSSR count). The van der Waals surface area contributed by atoms with Gasteiger partial charge in [-0.15, -0.1) is 0 Å². The molecule has 1 aromatic rings. The highest BCUT2D eigenvalue weighted by Gasteiger charge is 2.01. The number of aliphatic imine (C=N–C) groups is 1. The molecule has 0 amide bonds. The number of nitrogens with one attached hydrogen (secondary N) is 1.